The third-order valence-corrected chi connectivity index (χ3v) is 3.84. The average Bonchev–Trinajstić information content (AvgIpc) is 2.67. The number of hydrogen-bond donors (Lipinski definition) is 1. The maximum Gasteiger partial charge on any atom is 0.237 e. The molecule has 0 spiro atoms. The van der Waals surface area contributed by atoms with Crippen molar-refractivity contribution in [1.82, 2.24) is 4.98 Å². The number of methoxy groups -OCH3 is 1. The van der Waals surface area contributed by atoms with Gasteiger partial charge in [-0.15, -0.1) is 0 Å². The summed E-state index contributed by atoms with van der Waals surface area (Å²) in [6.07, 6.45) is 1.72. The zero-order valence-corrected chi connectivity index (χ0v) is 11.3. The molecule has 1 unspecified atom stereocenters. The van der Waals surface area contributed by atoms with Gasteiger partial charge in [-0.3, -0.25) is 4.79 Å². The first kappa shape index (κ1) is 13.8. The van der Waals surface area contributed by atoms with Crippen LogP contribution in [-0.4, -0.2) is 38.7 Å². The number of hydrogen-bond acceptors (Lipinski definition) is 5. The van der Waals surface area contributed by atoms with E-state index in [-0.39, 0.29) is 24.0 Å². The van der Waals surface area contributed by atoms with Gasteiger partial charge < -0.3 is 9.64 Å². The molecule has 2 heterocycles. The minimum Gasteiger partial charge on any atom is -0.480 e. The van der Waals surface area contributed by atoms with Crippen molar-refractivity contribution in [3.63, 3.8) is 0 Å². The second kappa shape index (κ2) is 5.14. The molecule has 1 aliphatic heterocycles. The highest BCUT2D eigenvalue weighted by Crippen LogP contribution is 2.31. The van der Waals surface area contributed by atoms with Gasteiger partial charge in [0.25, 0.3) is 0 Å². The first-order valence-corrected chi connectivity index (χ1v) is 7.42. The number of nitrogens with zero attached hydrogens (tertiary/aromatic N) is 2. The number of ether oxygens (including phenoxy) is 1. The fourth-order valence-corrected chi connectivity index (χ4v) is 3.08. The van der Waals surface area contributed by atoms with Gasteiger partial charge in [0.15, 0.2) is 0 Å². The molecule has 0 aromatic carbocycles. The van der Waals surface area contributed by atoms with Gasteiger partial charge in [0.05, 0.1) is 12.9 Å². The molecule has 1 fully saturated rings. The molecule has 1 aromatic heterocycles. The SMILES string of the molecule is COc1ncccc1N1CC(CS(N)(=O)=O)CC1=O. The number of rotatable bonds is 4. The van der Waals surface area contributed by atoms with Crippen LogP contribution in [0.3, 0.4) is 0 Å². The van der Waals surface area contributed by atoms with Crippen molar-refractivity contribution in [1.29, 1.82) is 0 Å². The first-order valence-electron chi connectivity index (χ1n) is 5.70. The molecule has 1 atom stereocenters. The summed E-state index contributed by atoms with van der Waals surface area (Å²) in [7, 11) is -2.11. The number of carbonyl (C=O) groups excluding carboxylic acids is 1. The van der Waals surface area contributed by atoms with E-state index >= 15 is 0 Å². The zero-order valence-electron chi connectivity index (χ0n) is 10.4. The van der Waals surface area contributed by atoms with Gasteiger partial charge >= 0.3 is 0 Å². The number of pyridine rings is 1. The molecule has 1 aromatic rings. The van der Waals surface area contributed by atoms with Gasteiger partial charge in [0.2, 0.25) is 21.8 Å². The van der Waals surface area contributed by atoms with Crippen molar-refractivity contribution in [2.45, 2.75) is 6.42 Å². The maximum absolute atomic E-state index is 11.9. The molecule has 0 saturated carbocycles. The third kappa shape index (κ3) is 3.21. The molecule has 104 valence electrons. The predicted molar refractivity (Wildman–Crippen MR) is 69.2 cm³/mol. The van der Waals surface area contributed by atoms with E-state index in [1.165, 1.54) is 12.0 Å². The van der Waals surface area contributed by atoms with E-state index in [4.69, 9.17) is 9.88 Å². The lowest BCUT2D eigenvalue weighted by molar-refractivity contribution is -0.117. The lowest BCUT2D eigenvalue weighted by Crippen LogP contribution is -2.27. The van der Waals surface area contributed by atoms with Crippen LogP contribution in [0.4, 0.5) is 5.69 Å². The molecule has 2 N–H and O–H groups in total. The van der Waals surface area contributed by atoms with Crippen molar-refractivity contribution in [2.24, 2.45) is 11.1 Å². The van der Waals surface area contributed by atoms with Crippen molar-refractivity contribution < 1.29 is 17.9 Å². The Morgan fingerprint density at radius 2 is 2.32 bits per heavy atom. The van der Waals surface area contributed by atoms with Crippen LogP contribution in [-0.2, 0) is 14.8 Å². The number of sulfonamides is 1. The highest BCUT2D eigenvalue weighted by Gasteiger charge is 2.34. The van der Waals surface area contributed by atoms with Gasteiger partial charge in [-0.25, -0.2) is 18.5 Å². The molecule has 0 aliphatic carbocycles. The second-order valence-electron chi connectivity index (χ2n) is 4.44. The van der Waals surface area contributed by atoms with Crippen LogP contribution >= 0.6 is 0 Å². The summed E-state index contributed by atoms with van der Waals surface area (Å²) in [4.78, 5) is 17.5. The normalized spacial score (nSPS) is 19.8. The fraction of sp³-hybridized carbons (Fsp3) is 0.455. The summed E-state index contributed by atoms with van der Waals surface area (Å²) in [5.41, 5.74) is 0.548. The number of carbonyl (C=O) groups is 1. The van der Waals surface area contributed by atoms with E-state index in [0.29, 0.717) is 18.1 Å². The largest absolute Gasteiger partial charge is 0.480 e. The van der Waals surface area contributed by atoms with Gasteiger partial charge in [-0.2, -0.15) is 0 Å². The number of anilines is 1. The Morgan fingerprint density at radius 1 is 1.58 bits per heavy atom. The minimum absolute atomic E-state index is 0.153. The summed E-state index contributed by atoms with van der Waals surface area (Å²) < 4.78 is 27.2. The molecular formula is C11H15N3O4S. The second-order valence-corrected chi connectivity index (χ2v) is 6.09. The van der Waals surface area contributed by atoms with Crippen molar-refractivity contribution >= 4 is 21.6 Å². The van der Waals surface area contributed by atoms with E-state index in [1.54, 1.807) is 18.3 Å². The molecule has 8 heteroatoms. The lowest BCUT2D eigenvalue weighted by Gasteiger charge is -2.18. The van der Waals surface area contributed by atoms with Crippen LogP contribution in [0.1, 0.15) is 6.42 Å². The molecule has 2 rings (SSSR count). The standard InChI is InChI=1S/C11H15N3O4S/c1-18-11-9(3-2-4-13-11)14-6-8(5-10(14)15)7-19(12,16)17/h2-4,8H,5-7H2,1H3,(H2,12,16,17). The molecule has 1 saturated heterocycles. The highest BCUT2D eigenvalue weighted by molar-refractivity contribution is 7.89. The maximum atomic E-state index is 11.9. The smallest absolute Gasteiger partial charge is 0.237 e. The molecule has 19 heavy (non-hydrogen) atoms. The zero-order chi connectivity index (χ0) is 14.0. The number of aromatic nitrogens is 1. The lowest BCUT2D eigenvalue weighted by atomic mass is 10.1. The summed E-state index contributed by atoms with van der Waals surface area (Å²) in [5, 5.41) is 5.01. The van der Waals surface area contributed by atoms with Crippen LogP contribution in [0.5, 0.6) is 5.88 Å². The van der Waals surface area contributed by atoms with Gasteiger partial charge in [-0.05, 0) is 12.1 Å². The van der Waals surface area contributed by atoms with E-state index in [9.17, 15) is 13.2 Å². The molecule has 7 nitrogen and oxygen atoms in total. The Hall–Kier alpha value is -1.67. The minimum atomic E-state index is -3.58. The van der Waals surface area contributed by atoms with Crippen LogP contribution in [0.15, 0.2) is 18.3 Å². The molecule has 0 radical (unpaired) electrons. The summed E-state index contributed by atoms with van der Waals surface area (Å²) >= 11 is 0. The van der Waals surface area contributed by atoms with E-state index in [2.05, 4.69) is 4.98 Å². The van der Waals surface area contributed by atoms with Crippen molar-refractivity contribution in [2.75, 3.05) is 24.3 Å². The van der Waals surface area contributed by atoms with Gasteiger partial charge in [0, 0.05) is 25.1 Å². The number of amides is 1. The van der Waals surface area contributed by atoms with Crippen LogP contribution in [0.25, 0.3) is 0 Å². The van der Waals surface area contributed by atoms with E-state index in [1.807, 2.05) is 0 Å². The summed E-state index contributed by atoms with van der Waals surface area (Å²) in [6, 6.07) is 3.40. The number of nitrogens with two attached hydrogens (primary N) is 1. The average molecular weight is 285 g/mol. The first-order chi connectivity index (χ1) is 8.90. The topological polar surface area (TPSA) is 103 Å². The van der Waals surface area contributed by atoms with Crippen molar-refractivity contribution in [3.8, 4) is 5.88 Å². The Labute approximate surface area is 111 Å². The van der Waals surface area contributed by atoms with Gasteiger partial charge in [0.1, 0.15) is 5.69 Å². The molecule has 1 aliphatic rings. The Balaban J connectivity index is 2.20. The summed E-state index contributed by atoms with van der Waals surface area (Å²) in [5.74, 6) is -0.308. The van der Waals surface area contributed by atoms with Crippen molar-refractivity contribution in [3.05, 3.63) is 18.3 Å². The quantitative estimate of drug-likeness (QED) is 0.820. The van der Waals surface area contributed by atoms with Crippen LogP contribution < -0.4 is 14.8 Å². The Kier molecular flexibility index (Phi) is 3.72. The van der Waals surface area contributed by atoms with Crippen LogP contribution in [0.2, 0.25) is 0 Å². The monoisotopic (exact) mass is 285 g/mol. The van der Waals surface area contributed by atoms with Crippen LogP contribution in [0, 0.1) is 5.92 Å². The Bertz CT molecular complexity index is 587. The molecular weight excluding hydrogens is 270 g/mol. The van der Waals surface area contributed by atoms with E-state index < -0.39 is 10.0 Å². The highest BCUT2D eigenvalue weighted by atomic mass is 32.2. The summed E-state index contributed by atoms with van der Waals surface area (Å²) in [6.45, 7) is 0.303. The molecule has 0 bridgehead atoms. The molecule has 1 amide bonds. The predicted octanol–water partition coefficient (Wildman–Crippen LogP) is -0.268. The third-order valence-electron chi connectivity index (χ3n) is 2.91. The number of primary sulfonamides is 1. The Morgan fingerprint density at radius 3 is 2.95 bits per heavy atom. The van der Waals surface area contributed by atoms with Gasteiger partial charge in [-0.1, -0.05) is 0 Å². The van der Waals surface area contributed by atoms with E-state index in [0.717, 1.165) is 0 Å². The fourth-order valence-electron chi connectivity index (χ4n) is 2.20.